The number of esters is 1. The standard InChI is InChI=1S/C21H25NO5S/c1-14(19(22)27-21(26)20(24)25)10-11-16-12-13-18(28-16)17(23)9-5-8-15-6-3-2-4-7-15/h2-4,6-7,12-14,19H,5,8-11,22H2,1H3,(H,24,25)/t14-,19?/m1/s1. The van der Waals surface area contributed by atoms with Crippen LogP contribution in [0.1, 0.15) is 46.3 Å². The second-order valence-corrected chi connectivity index (χ2v) is 7.89. The lowest BCUT2D eigenvalue weighted by molar-refractivity contribution is -0.168. The molecule has 0 aliphatic heterocycles. The molecule has 28 heavy (non-hydrogen) atoms. The van der Waals surface area contributed by atoms with Crippen LogP contribution in [0.15, 0.2) is 42.5 Å². The van der Waals surface area contributed by atoms with Crippen molar-refractivity contribution in [2.24, 2.45) is 11.7 Å². The fourth-order valence-electron chi connectivity index (χ4n) is 2.71. The summed E-state index contributed by atoms with van der Waals surface area (Å²) >= 11 is 1.47. The van der Waals surface area contributed by atoms with E-state index in [9.17, 15) is 14.4 Å². The molecule has 0 fully saturated rings. The molecule has 0 radical (unpaired) electrons. The average Bonchev–Trinajstić information content (AvgIpc) is 3.15. The summed E-state index contributed by atoms with van der Waals surface area (Å²) < 4.78 is 4.67. The molecule has 0 bridgehead atoms. The number of thiophene rings is 1. The molecule has 0 aliphatic carbocycles. The van der Waals surface area contributed by atoms with E-state index in [-0.39, 0.29) is 11.7 Å². The summed E-state index contributed by atoms with van der Waals surface area (Å²) in [6.45, 7) is 1.79. The summed E-state index contributed by atoms with van der Waals surface area (Å²) in [6, 6.07) is 13.9. The number of carboxylic acid groups (broad SMARTS) is 1. The van der Waals surface area contributed by atoms with E-state index in [1.165, 1.54) is 16.9 Å². The molecule has 0 saturated carbocycles. The van der Waals surface area contributed by atoms with E-state index in [0.717, 1.165) is 22.6 Å². The molecule has 2 aromatic rings. The maximum Gasteiger partial charge on any atom is 0.418 e. The van der Waals surface area contributed by atoms with Crippen molar-refractivity contribution >= 4 is 29.1 Å². The Morgan fingerprint density at radius 1 is 1.11 bits per heavy atom. The number of carbonyl (C=O) groups excluding carboxylic acids is 2. The summed E-state index contributed by atoms with van der Waals surface area (Å²) in [6.07, 6.45) is 2.55. The van der Waals surface area contributed by atoms with Gasteiger partial charge in [-0.3, -0.25) is 10.5 Å². The van der Waals surface area contributed by atoms with Crippen LogP contribution in [-0.2, 0) is 27.2 Å². The molecular formula is C21H25NO5S. The highest BCUT2D eigenvalue weighted by atomic mass is 32.1. The van der Waals surface area contributed by atoms with E-state index in [0.29, 0.717) is 19.3 Å². The summed E-state index contributed by atoms with van der Waals surface area (Å²) in [5, 5.41) is 8.54. The minimum Gasteiger partial charge on any atom is -0.473 e. The number of rotatable bonds is 10. The molecule has 2 atom stereocenters. The molecule has 1 aromatic heterocycles. The molecule has 2 rings (SSSR count). The molecular weight excluding hydrogens is 378 g/mol. The van der Waals surface area contributed by atoms with E-state index in [1.807, 2.05) is 30.3 Å². The van der Waals surface area contributed by atoms with Gasteiger partial charge in [-0.1, -0.05) is 37.3 Å². The summed E-state index contributed by atoms with van der Waals surface area (Å²) in [5.41, 5.74) is 6.95. The van der Waals surface area contributed by atoms with Crippen molar-refractivity contribution in [3.8, 4) is 0 Å². The van der Waals surface area contributed by atoms with Gasteiger partial charge in [0.1, 0.15) is 0 Å². The van der Waals surface area contributed by atoms with Crippen LogP contribution in [0, 0.1) is 5.92 Å². The minimum absolute atomic E-state index is 0.146. The predicted molar refractivity (Wildman–Crippen MR) is 107 cm³/mol. The van der Waals surface area contributed by atoms with Gasteiger partial charge < -0.3 is 9.84 Å². The molecule has 7 heteroatoms. The third kappa shape index (κ3) is 6.90. The monoisotopic (exact) mass is 403 g/mol. The van der Waals surface area contributed by atoms with Gasteiger partial charge in [-0.25, -0.2) is 9.59 Å². The van der Waals surface area contributed by atoms with Gasteiger partial charge in [-0.2, -0.15) is 0 Å². The molecule has 150 valence electrons. The Kier molecular flexibility index (Phi) is 8.35. The summed E-state index contributed by atoms with van der Waals surface area (Å²) in [7, 11) is 0. The fourth-order valence-corrected chi connectivity index (χ4v) is 3.70. The van der Waals surface area contributed by atoms with Crippen LogP contribution in [0.2, 0.25) is 0 Å². The number of ether oxygens (including phenoxy) is 1. The topological polar surface area (TPSA) is 107 Å². The van der Waals surface area contributed by atoms with Crippen LogP contribution in [0.3, 0.4) is 0 Å². The third-order valence-corrected chi connectivity index (χ3v) is 5.66. The molecule has 3 N–H and O–H groups in total. The van der Waals surface area contributed by atoms with Gasteiger partial charge in [0, 0.05) is 17.2 Å². The molecule has 6 nitrogen and oxygen atoms in total. The van der Waals surface area contributed by atoms with Crippen molar-refractivity contribution in [1.82, 2.24) is 0 Å². The third-order valence-electron chi connectivity index (χ3n) is 4.47. The molecule has 1 unspecified atom stereocenters. The lowest BCUT2D eigenvalue weighted by Gasteiger charge is -2.18. The van der Waals surface area contributed by atoms with E-state index in [4.69, 9.17) is 10.8 Å². The first-order chi connectivity index (χ1) is 13.4. The van der Waals surface area contributed by atoms with Gasteiger partial charge in [0.15, 0.2) is 12.0 Å². The zero-order chi connectivity index (χ0) is 20.5. The van der Waals surface area contributed by atoms with E-state index >= 15 is 0 Å². The number of nitrogens with two attached hydrogens (primary N) is 1. The largest absolute Gasteiger partial charge is 0.473 e. The lowest BCUT2D eigenvalue weighted by Crippen LogP contribution is -2.36. The highest BCUT2D eigenvalue weighted by Crippen LogP contribution is 2.22. The zero-order valence-electron chi connectivity index (χ0n) is 15.8. The molecule has 0 saturated heterocycles. The van der Waals surface area contributed by atoms with Gasteiger partial charge in [0.2, 0.25) is 0 Å². The molecule has 1 aromatic carbocycles. The summed E-state index contributed by atoms with van der Waals surface area (Å²) in [4.78, 5) is 35.7. The fraction of sp³-hybridized carbons (Fsp3) is 0.381. The summed E-state index contributed by atoms with van der Waals surface area (Å²) in [5.74, 6) is -3.06. The van der Waals surface area contributed by atoms with E-state index in [1.54, 1.807) is 6.92 Å². The Labute approximate surface area is 168 Å². The highest BCUT2D eigenvalue weighted by molar-refractivity contribution is 7.14. The van der Waals surface area contributed by atoms with Gasteiger partial charge >= 0.3 is 11.9 Å². The highest BCUT2D eigenvalue weighted by Gasteiger charge is 2.22. The van der Waals surface area contributed by atoms with Gasteiger partial charge in [-0.15, -0.1) is 11.3 Å². The quantitative estimate of drug-likeness (QED) is 0.272. The minimum atomic E-state index is -1.66. The number of aryl methyl sites for hydroxylation is 2. The number of carbonyl (C=O) groups is 3. The van der Waals surface area contributed by atoms with Crippen LogP contribution in [0.25, 0.3) is 0 Å². The number of benzene rings is 1. The molecule has 0 amide bonds. The van der Waals surface area contributed by atoms with Crippen molar-refractivity contribution < 1.29 is 24.2 Å². The second-order valence-electron chi connectivity index (χ2n) is 6.72. The molecule has 0 spiro atoms. The van der Waals surface area contributed by atoms with E-state index in [2.05, 4.69) is 16.9 Å². The number of hydrogen-bond donors (Lipinski definition) is 2. The molecule has 0 aliphatic rings. The number of hydrogen-bond acceptors (Lipinski definition) is 6. The van der Waals surface area contributed by atoms with Crippen molar-refractivity contribution in [3.05, 3.63) is 57.8 Å². The van der Waals surface area contributed by atoms with Crippen LogP contribution >= 0.6 is 11.3 Å². The zero-order valence-corrected chi connectivity index (χ0v) is 16.6. The first-order valence-corrected chi connectivity index (χ1v) is 10.0. The van der Waals surface area contributed by atoms with Gasteiger partial charge in [0.25, 0.3) is 0 Å². The first-order valence-electron chi connectivity index (χ1n) is 9.22. The smallest absolute Gasteiger partial charge is 0.418 e. The van der Waals surface area contributed by atoms with Crippen LogP contribution < -0.4 is 5.73 Å². The maximum absolute atomic E-state index is 12.4. The number of ketones is 1. The second kappa shape index (κ2) is 10.7. The Bertz CT molecular complexity index is 802. The first kappa shape index (κ1) is 21.8. The van der Waals surface area contributed by atoms with Crippen LogP contribution in [0.5, 0.6) is 0 Å². The van der Waals surface area contributed by atoms with Crippen molar-refractivity contribution in [2.75, 3.05) is 0 Å². The van der Waals surface area contributed by atoms with Crippen molar-refractivity contribution in [3.63, 3.8) is 0 Å². The van der Waals surface area contributed by atoms with Crippen molar-refractivity contribution in [1.29, 1.82) is 0 Å². The van der Waals surface area contributed by atoms with Crippen LogP contribution in [0.4, 0.5) is 0 Å². The SMILES string of the molecule is C[C@H](CCc1ccc(C(=O)CCCc2ccccc2)s1)C(N)OC(=O)C(=O)O. The normalized spacial score (nSPS) is 12.9. The number of carboxylic acids is 1. The van der Waals surface area contributed by atoms with Gasteiger partial charge in [-0.05, 0) is 43.4 Å². The Hall–Kier alpha value is -2.51. The number of aliphatic carboxylic acids is 1. The van der Waals surface area contributed by atoms with Crippen LogP contribution in [-0.4, -0.2) is 29.1 Å². The Morgan fingerprint density at radius 3 is 2.50 bits per heavy atom. The Morgan fingerprint density at radius 2 is 1.82 bits per heavy atom. The maximum atomic E-state index is 12.4. The Balaban J connectivity index is 1.75. The number of Topliss-reactive ketones (excluding diaryl/α,β-unsaturated/α-hetero) is 1. The molecule has 1 heterocycles. The lowest BCUT2D eigenvalue weighted by atomic mass is 10.0. The van der Waals surface area contributed by atoms with E-state index < -0.39 is 18.2 Å². The van der Waals surface area contributed by atoms with Crippen molar-refractivity contribution in [2.45, 2.75) is 45.3 Å². The predicted octanol–water partition coefficient (Wildman–Crippen LogP) is 3.44. The van der Waals surface area contributed by atoms with Gasteiger partial charge in [0.05, 0.1) is 4.88 Å². The average molecular weight is 404 g/mol.